The first-order chi connectivity index (χ1) is 13.5. The van der Waals surface area contributed by atoms with Crippen LogP contribution in [-0.4, -0.2) is 6.21 Å². The SMILES string of the molecule is C=CCCc1ccc(C=Nc2ccc(-c3ccc(C(F)(F)F)cc3)cc2)cc1. The summed E-state index contributed by atoms with van der Waals surface area (Å²) in [6, 6.07) is 20.8. The van der Waals surface area contributed by atoms with Crippen molar-refractivity contribution in [2.45, 2.75) is 19.0 Å². The Balaban J connectivity index is 1.67. The monoisotopic (exact) mass is 379 g/mol. The van der Waals surface area contributed by atoms with E-state index >= 15 is 0 Å². The smallest absolute Gasteiger partial charge is 0.256 e. The molecule has 0 unspecified atom stereocenters. The lowest BCUT2D eigenvalue weighted by Gasteiger charge is -2.08. The molecule has 0 aliphatic carbocycles. The van der Waals surface area contributed by atoms with Crippen LogP contribution < -0.4 is 0 Å². The summed E-state index contributed by atoms with van der Waals surface area (Å²) >= 11 is 0. The van der Waals surface area contributed by atoms with E-state index in [2.05, 4.69) is 23.7 Å². The van der Waals surface area contributed by atoms with Gasteiger partial charge in [0.2, 0.25) is 0 Å². The molecule has 3 aromatic rings. The zero-order chi connectivity index (χ0) is 20.0. The molecule has 0 atom stereocenters. The number of halogens is 3. The Bertz CT molecular complexity index is 935. The van der Waals surface area contributed by atoms with E-state index in [9.17, 15) is 13.2 Å². The van der Waals surface area contributed by atoms with Crippen molar-refractivity contribution in [3.63, 3.8) is 0 Å². The van der Waals surface area contributed by atoms with Crippen molar-refractivity contribution in [1.82, 2.24) is 0 Å². The van der Waals surface area contributed by atoms with Gasteiger partial charge in [0.1, 0.15) is 0 Å². The second-order valence-electron chi connectivity index (χ2n) is 6.45. The van der Waals surface area contributed by atoms with Crippen LogP contribution in [0.5, 0.6) is 0 Å². The average molecular weight is 379 g/mol. The zero-order valence-corrected chi connectivity index (χ0v) is 15.3. The summed E-state index contributed by atoms with van der Waals surface area (Å²) in [5, 5.41) is 0. The molecule has 0 aliphatic rings. The molecule has 0 saturated heterocycles. The number of benzene rings is 3. The molecule has 0 heterocycles. The molecule has 0 saturated carbocycles. The van der Waals surface area contributed by atoms with Gasteiger partial charge in [0, 0.05) is 6.21 Å². The average Bonchev–Trinajstić information content (AvgIpc) is 2.71. The fraction of sp³-hybridized carbons (Fsp3) is 0.125. The van der Waals surface area contributed by atoms with Gasteiger partial charge in [-0.05, 0) is 59.4 Å². The molecule has 1 nitrogen and oxygen atoms in total. The van der Waals surface area contributed by atoms with E-state index in [1.807, 2.05) is 42.5 Å². The van der Waals surface area contributed by atoms with Crippen LogP contribution in [0.3, 0.4) is 0 Å². The Morgan fingerprint density at radius 2 is 1.36 bits per heavy atom. The van der Waals surface area contributed by atoms with Crippen molar-refractivity contribution in [2.75, 3.05) is 0 Å². The van der Waals surface area contributed by atoms with Crippen molar-refractivity contribution in [3.8, 4) is 11.1 Å². The van der Waals surface area contributed by atoms with Crippen LogP contribution in [0.1, 0.15) is 23.1 Å². The van der Waals surface area contributed by atoms with Gasteiger partial charge in [0.05, 0.1) is 11.3 Å². The molecule has 142 valence electrons. The molecule has 4 heteroatoms. The van der Waals surface area contributed by atoms with E-state index in [0.29, 0.717) is 0 Å². The summed E-state index contributed by atoms with van der Waals surface area (Å²) in [4.78, 5) is 4.46. The van der Waals surface area contributed by atoms with Crippen LogP contribution in [0.15, 0.2) is 90.4 Å². The van der Waals surface area contributed by atoms with Crippen LogP contribution in [-0.2, 0) is 12.6 Å². The summed E-state index contributed by atoms with van der Waals surface area (Å²) in [5.74, 6) is 0. The first kappa shape index (κ1) is 19.6. The number of alkyl halides is 3. The molecule has 3 aromatic carbocycles. The Morgan fingerprint density at radius 1 is 0.786 bits per heavy atom. The minimum Gasteiger partial charge on any atom is -0.256 e. The van der Waals surface area contributed by atoms with E-state index < -0.39 is 11.7 Å². The number of hydrogen-bond acceptors (Lipinski definition) is 1. The third kappa shape index (κ3) is 5.19. The highest BCUT2D eigenvalue weighted by Crippen LogP contribution is 2.31. The van der Waals surface area contributed by atoms with Crippen LogP contribution in [0.4, 0.5) is 18.9 Å². The molecule has 3 rings (SSSR count). The number of nitrogens with zero attached hydrogens (tertiary/aromatic N) is 1. The molecule has 0 aliphatic heterocycles. The van der Waals surface area contributed by atoms with Crippen LogP contribution >= 0.6 is 0 Å². The fourth-order valence-corrected chi connectivity index (χ4v) is 2.78. The Morgan fingerprint density at radius 3 is 1.89 bits per heavy atom. The normalized spacial score (nSPS) is 11.7. The molecule has 0 bridgehead atoms. The lowest BCUT2D eigenvalue weighted by molar-refractivity contribution is -0.137. The second-order valence-corrected chi connectivity index (χ2v) is 6.45. The summed E-state index contributed by atoms with van der Waals surface area (Å²) < 4.78 is 38.0. The molecular formula is C24H20F3N. The van der Waals surface area contributed by atoms with Crippen molar-refractivity contribution in [2.24, 2.45) is 4.99 Å². The maximum absolute atomic E-state index is 12.7. The van der Waals surface area contributed by atoms with Crippen LogP contribution in [0, 0.1) is 0 Å². The lowest BCUT2D eigenvalue weighted by atomic mass is 10.0. The van der Waals surface area contributed by atoms with Gasteiger partial charge in [-0.15, -0.1) is 6.58 Å². The molecule has 28 heavy (non-hydrogen) atoms. The van der Waals surface area contributed by atoms with Gasteiger partial charge in [-0.25, -0.2) is 0 Å². The van der Waals surface area contributed by atoms with Gasteiger partial charge in [0.25, 0.3) is 0 Å². The summed E-state index contributed by atoms with van der Waals surface area (Å²) in [6.07, 6.45) is 1.32. The first-order valence-corrected chi connectivity index (χ1v) is 8.97. The molecule has 0 radical (unpaired) electrons. The predicted molar refractivity (Wildman–Crippen MR) is 109 cm³/mol. The van der Waals surface area contributed by atoms with Crippen molar-refractivity contribution < 1.29 is 13.2 Å². The van der Waals surface area contributed by atoms with E-state index in [-0.39, 0.29) is 0 Å². The zero-order valence-electron chi connectivity index (χ0n) is 15.3. The largest absolute Gasteiger partial charge is 0.416 e. The Hall–Kier alpha value is -3.14. The lowest BCUT2D eigenvalue weighted by Crippen LogP contribution is -2.03. The maximum Gasteiger partial charge on any atom is 0.416 e. The highest BCUT2D eigenvalue weighted by atomic mass is 19.4. The van der Waals surface area contributed by atoms with Gasteiger partial charge >= 0.3 is 6.18 Å². The minimum absolute atomic E-state index is 0.645. The standard InChI is InChI=1S/C24H20F3N/c1-2-3-4-18-5-7-19(8-6-18)17-28-23-15-11-21(12-16-23)20-9-13-22(14-10-20)24(25,26)27/h2,5-17H,1,3-4H2. The first-order valence-electron chi connectivity index (χ1n) is 8.97. The summed E-state index contributed by atoms with van der Waals surface area (Å²) in [7, 11) is 0. The number of allylic oxidation sites excluding steroid dienone is 1. The molecule has 0 fully saturated rings. The van der Waals surface area contributed by atoms with Crippen molar-refractivity contribution in [1.29, 1.82) is 0 Å². The van der Waals surface area contributed by atoms with Gasteiger partial charge in [-0.3, -0.25) is 4.99 Å². The maximum atomic E-state index is 12.7. The number of rotatable bonds is 6. The molecular weight excluding hydrogens is 359 g/mol. The van der Waals surface area contributed by atoms with Gasteiger partial charge in [0.15, 0.2) is 0 Å². The minimum atomic E-state index is -4.32. The Labute approximate surface area is 162 Å². The Kier molecular flexibility index (Phi) is 6.09. The summed E-state index contributed by atoms with van der Waals surface area (Å²) in [5.41, 5.74) is 3.99. The van der Waals surface area contributed by atoms with Gasteiger partial charge in [-0.1, -0.05) is 54.6 Å². The summed E-state index contributed by atoms with van der Waals surface area (Å²) in [6.45, 7) is 3.73. The topological polar surface area (TPSA) is 12.4 Å². The van der Waals surface area contributed by atoms with E-state index in [1.165, 1.54) is 17.7 Å². The van der Waals surface area contributed by atoms with Gasteiger partial charge < -0.3 is 0 Å². The van der Waals surface area contributed by atoms with E-state index in [0.717, 1.165) is 47.4 Å². The molecule has 0 N–H and O–H groups in total. The quantitative estimate of drug-likeness (QED) is 0.316. The number of aryl methyl sites for hydroxylation is 1. The highest BCUT2D eigenvalue weighted by Gasteiger charge is 2.29. The molecule has 0 spiro atoms. The number of aliphatic imine (C=N–C) groups is 1. The van der Waals surface area contributed by atoms with Crippen LogP contribution in [0.25, 0.3) is 11.1 Å². The van der Waals surface area contributed by atoms with E-state index in [4.69, 9.17) is 0 Å². The van der Waals surface area contributed by atoms with E-state index in [1.54, 1.807) is 6.21 Å². The van der Waals surface area contributed by atoms with Crippen molar-refractivity contribution in [3.05, 3.63) is 102 Å². The second kappa shape index (κ2) is 8.70. The van der Waals surface area contributed by atoms with Crippen molar-refractivity contribution >= 4 is 11.9 Å². The number of hydrogen-bond donors (Lipinski definition) is 0. The highest BCUT2D eigenvalue weighted by molar-refractivity contribution is 5.82. The van der Waals surface area contributed by atoms with Crippen LogP contribution in [0.2, 0.25) is 0 Å². The molecule has 0 amide bonds. The predicted octanol–water partition coefficient (Wildman–Crippen LogP) is 7.24. The van der Waals surface area contributed by atoms with Gasteiger partial charge in [-0.2, -0.15) is 13.2 Å². The molecule has 0 aromatic heterocycles. The third-order valence-corrected chi connectivity index (χ3v) is 4.39. The fourth-order valence-electron chi connectivity index (χ4n) is 2.78. The third-order valence-electron chi connectivity index (χ3n) is 4.39.